The highest BCUT2D eigenvalue weighted by atomic mass is 79.9. The van der Waals surface area contributed by atoms with Gasteiger partial charge in [0.1, 0.15) is 18.7 Å². The molecule has 0 bridgehead atoms. The van der Waals surface area contributed by atoms with Crippen LogP contribution in [0.3, 0.4) is 0 Å². The van der Waals surface area contributed by atoms with Crippen molar-refractivity contribution in [3.05, 3.63) is 59.7 Å². The number of nitrogens with one attached hydrogen (secondary N) is 5. The molecule has 1 aliphatic rings. The van der Waals surface area contributed by atoms with Crippen LogP contribution >= 0.6 is 31.9 Å². The zero-order valence-corrected chi connectivity index (χ0v) is 54.8. The Labute approximate surface area is 519 Å². The Balaban J connectivity index is 1.47. The van der Waals surface area contributed by atoms with Crippen molar-refractivity contribution in [1.82, 2.24) is 30.7 Å². The number of nitrogens with zero attached hydrogens (tertiary/aromatic N) is 3. The lowest BCUT2D eigenvalue weighted by Gasteiger charge is -2.41. The van der Waals surface area contributed by atoms with E-state index in [1.165, 1.54) is 44.4 Å². The van der Waals surface area contributed by atoms with Gasteiger partial charge < -0.3 is 74.8 Å². The van der Waals surface area contributed by atoms with E-state index in [-0.39, 0.29) is 135 Å². The molecule has 8 unspecified atom stereocenters. The fraction of sp³-hybridized carbons (Fsp3) is 0.667. The molecule has 1 heterocycles. The highest BCUT2D eigenvalue weighted by Gasteiger charge is 2.44. The summed E-state index contributed by atoms with van der Waals surface area (Å²) in [6.07, 6.45) is -0.386. The van der Waals surface area contributed by atoms with Crippen molar-refractivity contribution in [2.24, 2.45) is 23.7 Å². The Kier molecular flexibility index (Phi) is 33.9. The minimum atomic E-state index is -0.989. The maximum Gasteiger partial charge on any atom is 0.251 e. The smallest absolute Gasteiger partial charge is 0.251 e. The second kappa shape index (κ2) is 38.9. The van der Waals surface area contributed by atoms with Crippen LogP contribution in [0.15, 0.2) is 48.5 Å². The molecule has 23 nitrogen and oxygen atoms in total. The Bertz CT molecular complexity index is 2430. The summed E-state index contributed by atoms with van der Waals surface area (Å²) in [4.78, 5) is 112. The zero-order valence-electron chi connectivity index (χ0n) is 51.6. The second-order valence-electron chi connectivity index (χ2n) is 21.9. The van der Waals surface area contributed by atoms with Crippen LogP contribution in [0.1, 0.15) is 103 Å². The summed E-state index contributed by atoms with van der Waals surface area (Å²) >= 11 is 6.17. The highest BCUT2D eigenvalue weighted by Crippen LogP contribution is 2.31. The van der Waals surface area contributed by atoms with E-state index in [2.05, 4.69) is 58.4 Å². The van der Waals surface area contributed by atoms with Crippen molar-refractivity contribution < 1.29 is 71.9 Å². The van der Waals surface area contributed by atoms with Gasteiger partial charge in [-0.25, -0.2) is 0 Å². The molecule has 0 aliphatic carbocycles. The molecule has 0 radical (unpaired) electrons. The maximum absolute atomic E-state index is 14.7. The molecule has 85 heavy (non-hydrogen) atoms. The van der Waals surface area contributed by atoms with E-state index in [0.717, 1.165) is 0 Å². The summed E-state index contributed by atoms with van der Waals surface area (Å²) in [6, 6.07) is 10.1. The van der Waals surface area contributed by atoms with Gasteiger partial charge in [0.15, 0.2) is 0 Å². The number of halogens is 2. The Morgan fingerprint density at radius 3 is 1.86 bits per heavy atom. The van der Waals surface area contributed by atoms with Crippen molar-refractivity contribution in [1.29, 1.82) is 0 Å². The van der Waals surface area contributed by atoms with Crippen LogP contribution in [0, 0.1) is 23.7 Å². The van der Waals surface area contributed by atoms with Crippen molar-refractivity contribution >= 4 is 90.5 Å². The summed E-state index contributed by atoms with van der Waals surface area (Å²) in [5.41, 5.74) is 1.59. The predicted octanol–water partition coefficient (Wildman–Crippen LogP) is 4.93. The average molecular weight is 1330 g/mol. The van der Waals surface area contributed by atoms with Crippen molar-refractivity contribution in [2.75, 3.05) is 116 Å². The predicted molar refractivity (Wildman–Crippen MR) is 330 cm³/mol. The van der Waals surface area contributed by atoms with Crippen LogP contribution in [0.4, 0.5) is 11.4 Å². The molecule has 1 fully saturated rings. The summed E-state index contributed by atoms with van der Waals surface area (Å²) in [6.45, 7) is 16.7. The van der Waals surface area contributed by atoms with Gasteiger partial charge in [-0.3, -0.25) is 38.4 Å². The van der Waals surface area contributed by atoms with Crippen molar-refractivity contribution in [2.45, 2.75) is 130 Å². The molecule has 0 saturated carbocycles. The van der Waals surface area contributed by atoms with E-state index in [1.54, 1.807) is 42.8 Å². The van der Waals surface area contributed by atoms with Crippen LogP contribution in [0.2, 0.25) is 0 Å². The molecule has 1 aliphatic heterocycles. The minimum absolute atomic E-state index is 0.0313. The molecule has 10 atom stereocenters. The normalized spacial score (nSPS) is 16.5. The number of anilines is 2. The molecule has 0 aromatic heterocycles. The quantitative estimate of drug-likeness (QED) is 0.0382. The number of benzene rings is 2. The van der Waals surface area contributed by atoms with Crippen molar-refractivity contribution in [3.8, 4) is 0 Å². The maximum atomic E-state index is 14.7. The first-order valence-corrected chi connectivity index (χ1v) is 31.4. The molecule has 0 spiro atoms. The summed E-state index contributed by atoms with van der Waals surface area (Å²) < 4.78 is 34.3. The van der Waals surface area contributed by atoms with Crippen LogP contribution in [0.5, 0.6) is 0 Å². The van der Waals surface area contributed by atoms with Gasteiger partial charge in [0.25, 0.3) is 5.91 Å². The number of methoxy groups -OCH3 is 2. The van der Waals surface area contributed by atoms with E-state index in [4.69, 9.17) is 28.4 Å². The van der Waals surface area contributed by atoms with E-state index in [0.29, 0.717) is 37.1 Å². The number of alkyl halides is 2. The molecule has 25 heteroatoms. The van der Waals surface area contributed by atoms with Gasteiger partial charge in [-0.05, 0) is 61.3 Å². The number of hydrogen-bond donors (Lipinski definition) is 6. The van der Waals surface area contributed by atoms with E-state index in [9.17, 15) is 43.5 Å². The highest BCUT2D eigenvalue weighted by molar-refractivity contribution is 9.09. The lowest BCUT2D eigenvalue weighted by Crippen LogP contribution is -2.60. The topological polar surface area (TPSA) is 282 Å². The molecule has 3 rings (SSSR count). The lowest BCUT2D eigenvalue weighted by atomic mass is 9.89. The van der Waals surface area contributed by atoms with Crippen molar-refractivity contribution in [3.63, 3.8) is 0 Å². The fourth-order valence-electron chi connectivity index (χ4n) is 10.3. The van der Waals surface area contributed by atoms with Crippen LogP contribution < -0.4 is 26.6 Å². The third-order valence-electron chi connectivity index (χ3n) is 15.1. The number of aliphatic hydroxyl groups is 1. The first kappa shape index (κ1) is 74.1. The standard InChI is InChI=1S/C60H94Br2N8O15/c1-13-39(6)54(47(80-11)33-50(73)70-24-17-20-46(70)56(81-12)40(7)57(76)64-41(8)55(75)42-18-15-14-16-19-42)69(10)60(79)52(37(2)3)67-59(78)53(38(4)5)68(9)51(74)36-85-31-30-84-29-28-83-27-26-82-25-23-63-58(77)43-21-22-44(65-48(71)34-61)45(32-43)66-49(72)35-62/h14-16,18-19,21-22,32,37-41,46-47,52-56,75H,13,17,20,23-31,33-36H2,1-12H3,(H,63,77)(H,64,76)(H,65,71)(H,66,72)(H,67,78)/t39?,40?,41-,46?,47?,52?,53?,54?,55-,56?/m0/s1. The zero-order chi connectivity index (χ0) is 63.3. The Hall–Kier alpha value is -5.12. The van der Waals surface area contributed by atoms with Gasteiger partial charge >= 0.3 is 0 Å². The molecular formula is C60H94Br2N8O15. The first-order valence-electron chi connectivity index (χ1n) is 29.1. The minimum Gasteiger partial charge on any atom is -0.386 e. The molecule has 6 N–H and O–H groups in total. The van der Waals surface area contributed by atoms with Gasteiger partial charge in [0.05, 0.1) is 117 Å². The Morgan fingerprint density at radius 1 is 0.718 bits per heavy atom. The number of likely N-dealkylation sites (N-methyl/N-ethyl adjacent to an activating group) is 2. The van der Waals surface area contributed by atoms with Crippen LogP contribution in [0.25, 0.3) is 0 Å². The van der Waals surface area contributed by atoms with Gasteiger partial charge in [-0.1, -0.05) is 117 Å². The molecule has 8 amide bonds. The number of rotatable bonds is 39. The van der Waals surface area contributed by atoms with E-state index in [1.807, 2.05) is 59.7 Å². The SMILES string of the molecule is CCC(C)C(C(CC(=O)N1CCCC1C(OC)C(C)C(=O)N[C@@H](C)[C@H](O)c1ccccc1)OC)N(C)C(=O)C(NC(=O)C(C(C)C)N(C)C(=O)COCCOCCOCCOCCNC(=O)c1ccc(NC(=O)CBr)c(NC(=O)CBr)c1)C(C)C. The third-order valence-corrected chi connectivity index (χ3v) is 16.1. The second-order valence-corrected chi connectivity index (χ2v) is 23.1. The number of aliphatic hydroxyl groups excluding tert-OH is 1. The van der Waals surface area contributed by atoms with E-state index < -0.39 is 72.2 Å². The van der Waals surface area contributed by atoms with Gasteiger partial charge in [-0.2, -0.15) is 0 Å². The lowest BCUT2D eigenvalue weighted by molar-refractivity contribution is -0.149. The largest absolute Gasteiger partial charge is 0.386 e. The summed E-state index contributed by atoms with van der Waals surface area (Å²) in [7, 11) is 6.23. The van der Waals surface area contributed by atoms with Crippen LogP contribution in [-0.4, -0.2) is 214 Å². The first-order chi connectivity index (χ1) is 40.5. The number of likely N-dealkylation sites (tertiary alicyclic amines) is 1. The molecular weight excluding hydrogens is 1230 g/mol. The van der Waals surface area contributed by atoms with Gasteiger partial charge in [-0.15, -0.1) is 0 Å². The molecule has 2 aromatic rings. The number of carbonyl (C=O) groups excluding carboxylic acids is 8. The monoisotopic (exact) mass is 1320 g/mol. The number of amides is 8. The third kappa shape index (κ3) is 23.5. The van der Waals surface area contributed by atoms with Crippen LogP contribution in [-0.2, 0) is 62.0 Å². The molecule has 1 saturated heterocycles. The van der Waals surface area contributed by atoms with E-state index >= 15 is 0 Å². The van der Waals surface area contributed by atoms with Gasteiger partial charge in [0.2, 0.25) is 41.4 Å². The van der Waals surface area contributed by atoms with Gasteiger partial charge in [0, 0.05) is 47.0 Å². The number of ether oxygens (including phenoxy) is 6. The summed E-state index contributed by atoms with van der Waals surface area (Å²) in [5.74, 6) is -4.40. The molecule has 2 aromatic carbocycles. The Morgan fingerprint density at radius 2 is 1.31 bits per heavy atom. The summed E-state index contributed by atoms with van der Waals surface area (Å²) in [5, 5.41) is 25.0. The number of carbonyl (C=O) groups is 8. The average Bonchev–Trinajstić information content (AvgIpc) is 4.15. The molecule has 478 valence electrons. The number of hydrogen-bond acceptors (Lipinski definition) is 15. The fourth-order valence-corrected chi connectivity index (χ4v) is 10.5.